The van der Waals surface area contributed by atoms with Gasteiger partial charge in [0.05, 0.1) is 10.5 Å². The van der Waals surface area contributed by atoms with E-state index in [-0.39, 0.29) is 17.1 Å². The molecule has 0 aliphatic carbocycles. The molecular weight excluding hydrogens is 274 g/mol. The molecule has 21 heavy (non-hydrogen) atoms. The van der Waals surface area contributed by atoms with Crippen LogP contribution < -0.4 is 5.32 Å². The molecule has 0 unspecified atom stereocenters. The highest BCUT2D eigenvalue weighted by molar-refractivity contribution is 5.88. The Labute approximate surface area is 120 Å². The number of pyridine rings is 1. The van der Waals surface area contributed by atoms with Crippen molar-refractivity contribution >= 4 is 17.5 Å². The van der Waals surface area contributed by atoms with Gasteiger partial charge in [0, 0.05) is 18.8 Å². The zero-order valence-corrected chi connectivity index (χ0v) is 11.2. The molecule has 0 amide bonds. The molecule has 2 N–H and O–H groups in total. The maximum atomic E-state index is 11.0. The summed E-state index contributed by atoms with van der Waals surface area (Å²) in [6.45, 7) is 2.33. The summed E-state index contributed by atoms with van der Waals surface area (Å²) >= 11 is 0. The highest BCUT2D eigenvalue weighted by Crippen LogP contribution is 2.23. The van der Waals surface area contributed by atoms with Crippen molar-refractivity contribution in [1.82, 2.24) is 4.98 Å². The average molecular weight is 287 g/mol. The molecule has 0 aliphatic rings. The van der Waals surface area contributed by atoms with E-state index < -0.39 is 10.9 Å². The van der Waals surface area contributed by atoms with Crippen LogP contribution in [0.15, 0.2) is 36.5 Å². The Morgan fingerprint density at radius 1 is 1.38 bits per heavy atom. The van der Waals surface area contributed by atoms with Crippen LogP contribution in [0.1, 0.15) is 21.5 Å². The van der Waals surface area contributed by atoms with Crippen LogP contribution in [0, 0.1) is 17.0 Å². The minimum absolute atomic E-state index is 0.0468. The zero-order chi connectivity index (χ0) is 15.4. The third-order valence-corrected chi connectivity index (χ3v) is 2.89. The molecule has 0 spiro atoms. The van der Waals surface area contributed by atoms with Gasteiger partial charge < -0.3 is 10.4 Å². The lowest BCUT2D eigenvalue weighted by Gasteiger charge is -2.07. The van der Waals surface area contributed by atoms with Gasteiger partial charge in [0.15, 0.2) is 0 Å². The third-order valence-electron chi connectivity index (χ3n) is 2.89. The zero-order valence-electron chi connectivity index (χ0n) is 11.2. The Balaban J connectivity index is 2.21. The number of aryl methyl sites for hydroxylation is 1. The second kappa shape index (κ2) is 6.00. The maximum Gasteiger partial charge on any atom is 0.337 e. The predicted octanol–water partition coefficient (Wildman–Crippen LogP) is 2.61. The van der Waals surface area contributed by atoms with E-state index in [0.29, 0.717) is 6.54 Å². The Kier molecular flexibility index (Phi) is 4.13. The fourth-order valence-corrected chi connectivity index (χ4v) is 1.74. The summed E-state index contributed by atoms with van der Waals surface area (Å²) in [6.07, 6.45) is 1.09. The second-order valence-electron chi connectivity index (χ2n) is 4.49. The number of carboxylic acids is 1. The Morgan fingerprint density at radius 3 is 2.62 bits per heavy atom. The SMILES string of the molecule is Cc1ccc(CNc2ncc(C(=O)O)cc2[N+](=O)[O-])cc1. The van der Waals surface area contributed by atoms with Gasteiger partial charge in [-0.3, -0.25) is 10.1 Å². The molecule has 1 aromatic carbocycles. The molecule has 7 nitrogen and oxygen atoms in total. The topological polar surface area (TPSA) is 105 Å². The standard InChI is InChI=1S/C14H13N3O4/c1-9-2-4-10(5-3-9)7-15-13-12(17(20)21)6-11(8-16-13)14(18)19/h2-6,8H,7H2,1H3,(H,15,16)(H,18,19). The molecule has 7 heteroatoms. The van der Waals surface area contributed by atoms with Crippen molar-refractivity contribution in [2.24, 2.45) is 0 Å². The van der Waals surface area contributed by atoms with Crippen molar-refractivity contribution in [2.45, 2.75) is 13.5 Å². The van der Waals surface area contributed by atoms with Gasteiger partial charge in [0.2, 0.25) is 5.82 Å². The molecule has 0 atom stereocenters. The smallest absolute Gasteiger partial charge is 0.337 e. The van der Waals surface area contributed by atoms with Crippen LogP contribution >= 0.6 is 0 Å². The van der Waals surface area contributed by atoms with Crippen molar-refractivity contribution in [3.05, 3.63) is 63.3 Å². The first-order valence-corrected chi connectivity index (χ1v) is 6.14. The van der Waals surface area contributed by atoms with Crippen LogP contribution in [0.25, 0.3) is 0 Å². The van der Waals surface area contributed by atoms with Gasteiger partial charge >= 0.3 is 11.7 Å². The minimum Gasteiger partial charge on any atom is -0.478 e. The number of benzene rings is 1. The Morgan fingerprint density at radius 2 is 2.05 bits per heavy atom. The van der Waals surface area contributed by atoms with E-state index in [9.17, 15) is 14.9 Å². The Hall–Kier alpha value is -2.96. The molecule has 0 saturated heterocycles. The predicted molar refractivity (Wildman–Crippen MR) is 76.4 cm³/mol. The van der Waals surface area contributed by atoms with Crippen molar-refractivity contribution in [2.75, 3.05) is 5.32 Å². The van der Waals surface area contributed by atoms with E-state index in [1.54, 1.807) is 0 Å². The van der Waals surface area contributed by atoms with Gasteiger partial charge in [-0.2, -0.15) is 0 Å². The molecule has 2 aromatic rings. The van der Waals surface area contributed by atoms with Gasteiger partial charge in [-0.1, -0.05) is 29.8 Å². The highest BCUT2D eigenvalue weighted by Gasteiger charge is 2.18. The Bertz CT molecular complexity index is 683. The van der Waals surface area contributed by atoms with E-state index in [4.69, 9.17) is 5.11 Å². The summed E-state index contributed by atoms with van der Waals surface area (Å²) in [5, 5.41) is 22.7. The molecule has 0 bridgehead atoms. The van der Waals surface area contributed by atoms with Crippen LogP contribution in [-0.2, 0) is 6.54 Å². The number of rotatable bonds is 5. The molecule has 0 radical (unpaired) electrons. The number of aromatic nitrogens is 1. The summed E-state index contributed by atoms with van der Waals surface area (Å²) in [5.74, 6) is -1.21. The van der Waals surface area contributed by atoms with Gasteiger partial charge in [-0.15, -0.1) is 0 Å². The summed E-state index contributed by atoms with van der Waals surface area (Å²) in [4.78, 5) is 25.0. The number of nitrogens with zero attached hydrogens (tertiary/aromatic N) is 2. The first-order valence-electron chi connectivity index (χ1n) is 6.14. The van der Waals surface area contributed by atoms with Gasteiger partial charge in [-0.25, -0.2) is 9.78 Å². The van der Waals surface area contributed by atoms with E-state index in [0.717, 1.165) is 23.4 Å². The molecule has 1 aromatic heterocycles. The van der Waals surface area contributed by atoms with E-state index in [2.05, 4.69) is 10.3 Å². The first kappa shape index (κ1) is 14.4. The van der Waals surface area contributed by atoms with E-state index >= 15 is 0 Å². The summed E-state index contributed by atoms with van der Waals surface area (Å²) < 4.78 is 0. The average Bonchev–Trinajstić information content (AvgIpc) is 2.46. The molecule has 1 heterocycles. The molecule has 108 valence electrons. The monoisotopic (exact) mass is 287 g/mol. The highest BCUT2D eigenvalue weighted by atomic mass is 16.6. The van der Waals surface area contributed by atoms with Crippen LogP contribution in [0.4, 0.5) is 11.5 Å². The summed E-state index contributed by atoms with van der Waals surface area (Å²) in [5.41, 5.74) is 1.48. The number of hydrogen-bond donors (Lipinski definition) is 2. The number of nitro groups is 1. The van der Waals surface area contributed by atoms with Gasteiger partial charge in [0.1, 0.15) is 0 Å². The number of anilines is 1. The fourth-order valence-electron chi connectivity index (χ4n) is 1.74. The normalized spacial score (nSPS) is 10.1. The lowest BCUT2D eigenvalue weighted by atomic mass is 10.1. The van der Waals surface area contributed by atoms with Crippen LogP contribution in [0.5, 0.6) is 0 Å². The van der Waals surface area contributed by atoms with E-state index in [1.807, 2.05) is 31.2 Å². The van der Waals surface area contributed by atoms with Crippen molar-refractivity contribution in [3.8, 4) is 0 Å². The summed E-state index contributed by atoms with van der Waals surface area (Å²) in [6, 6.07) is 8.67. The molecule has 0 fully saturated rings. The van der Waals surface area contributed by atoms with Gasteiger partial charge in [0.25, 0.3) is 0 Å². The molecule has 0 saturated carbocycles. The maximum absolute atomic E-state index is 11.0. The fraction of sp³-hybridized carbons (Fsp3) is 0.143. The number of carbonyl (C=O) groups is 1. The minimum atomic E-state index is -1.25. The second-order valence-corrected chi connectivity index (χ2v) is 4.49. The van der Waals surface area contributed by atoms with E-state index in [1.165, 1.54) is 0 Å². The van der Waals surface area contributed by atoms with Crippen molar-refractivity contribution in [1.29, 1.82) is 0 Å². The van der Waals surface area contributed by atoms with Gasteiger partial charge in [-0.05, 0) is 12.5 Å². The van der Waals surface area contributed by atoms with Crippen LogP contribution in [0.3, 0.4) is 0 Å². The quantitative estimate of drug-likeness (QED) is 0.646. The lowest BCUT2D eigenvalue weighted by molar-refractivity contribution is -0.384. The molecule has 0 aliphatic heterocycles. The number of nitrogens with one attached hydrogen (secondary N) is 1. The van der Waals surface area contributed by atoms with Crippen molar-refractivity contribution < 1.29 is 14.8 Å². The number of hydrogen-bond acceptors (Lipinski definition) is 5. The third kappa shape index (κ3) is 3.53. The molecule has 2 rings (SSSR count). The largest absolute Gasteiger partial charge is 0.478 e. The summed E-state index contributed by atoms with van der Waals surface area (Å²) in [7, 11) is 0. The molecular formula is C14H13N3O4. The lowest BCUT2D eigenvalue weighted by Crippen LogP contribution is -2.07. The first-order chi connectivity index (χ1) is 9.97. The number of carboxylic acid groups (broad SMARTS) is 1. The van der Waals surface area contributed by atoms with Crippen LogP contribution in [0.2, 0.25) is 0 Å². The van der Waals surface area contributed by atoms with Crippen molar-refractivity contribution in [3.63, 3.8) is 0 Å². The number of aromatic carboxylic acids is 1. The van der Waals surface area contributed by atoms with Crippen LogP contribution in [-0.4, -0.2) is 21.0 Å².